The van der Waals surface area contributed by atoms with Gasteiger partial charge in [0.05, 0.1) is 0 Å². The van der Waals surface area contributed by atoms with Gasteiger partial charge in [-0.2, -0.15) is 0 Å². The summed E-state index contributed by atoms with van der Waals surface area (Å²) in [6.07, 6.45) is 3.23. The predicted octanol–water partition coefficient (Wildman–Crippen LogP) is 2.85. The Morgan fingerprint density at radius 3 is 2.79 bits per heavy atom. The van der Waals surface area contributed by atoms with E-state index < -0.39 is 0 Å². The molecule has 1 N–H and O–H groups in total. The lowest BCUT2D eigenvalue weighted by Crippen LogP contribution is -2.50. The van der Waals surface area contributed by atoms with Crippen LogP contribution in [0.25, 0.3) is 0 Å². The fraction of sp³-hybridized carbons (Fsp3) is 0.600. The number of halogens is 1. The number of nitrogens with one attached hydrogen (secondary N) is 1. The molecule has 1 spiro atoms. The fourth-order valence-corrected chi connectivity index (χ4v) is 3.41. The number of benzene rings is 1. The van der Waals surface area contributed by atoms with Crippen molar-refractivity contribution in [2.75, 3.05) is 27.2 Å². The SMILES string of the molecule is CNC1CC2(CCN(C)CC2)Oc2ccc(Cl)cc21. The van der Waals surface area contributed by atoms with Crippen molar-refractivity contribution in [3.8, 4) is 5.75 Å². The molecule has 1 aromatic rings. The molecule has 1 unspecified atom stereocenters. The van der Waals surface area contributed by atoms with Gasteiger partial charge in [-0.25, -0.2) is 0 Å². The molecule has 1 saturated heterocycles. The van der Waals surface area contributed by atoms with Gasteiger partial charge in [0.1, 0.15) is 11.4 Å². The second-order valence-electron chi connectivity index (χ2n) is 5.82. The number of piperidine rings is 1. The van der Waals surface area contributed by atoms with E-state index in [9.17, 15) is 0 Å². The van der Waals surface area contributed by atoms with E-state index in [1.165, 1.54) is 5.56 Å². The molecule has 0 aliphatic carbocycles. The molecule has 104 valence electrons. The van der Waals surface area contributed by atoms with Crippen LogP contribution in [0.1, 0.15) is 30.9 Å². The molecular formula is C15H21ClN2O. The zero-order valence-electron chi connectivity index (χ0n) is 11.6. The highest BCUT2D eigenvalue weighted by Crippen LogP contribution is 2.44. The highest BCUT2D eigenvalue weighted by Gasteiger charge is 2.42. The number of fused-ring (bicyclic) bond motifs is 1. The van der Waals surface area contributed by atoms with Gasteiger partial charge in [-0.1, -0.05) is 11.6 Å². The van der Waals surface area contributed by atoms with Crippen LogP contribution >= 0.6 is 11.6 Å². The molecule has 0 radical (unpaired) electrons. The lowest BCUT2D eigenvalue weighted by Gasteiger charge is -2.46. The summed E-state index contributed by atoms with van der Waals surface area (Å²) < 4.78 is 6.37. The Labute approximate surface area is 119 Å². The van der Waals surface area contributed by atoms with E-state index in [2.05, 4.69) is 17.3 Å². The van der Waals surface area contributed by atoms with Crippen LogP contribution in [0.4, 0.5) is 0 Å². The number of ether oxygens (including phenoxy) is 1. The van der Waals surface area contributed by atoms with Crippen molar-refractivity contribution >= 4 is 11.6 Å². The van der Waals surface area contributed by atoms with Gasteiger partial charge in [0.15, 0.2) is 0 Å². The first-order valence-electron chi connectivity index (χ1n) is 6.96. The standard InChI is InChI=1S/C15H21ClN2O/c1-17-13-10-15(5-7-18(2)8-6-15)19-14-4-3-11(16)9-12(13)14/h3-4,9,13,17H,5-8,10H2,1-2H3. The van der Waals surface area contributed by atoms with Gasteiger partial charge in [0, 0.05) is 36.1 Å². The summed E-state index contributed by atoms with van der Waals surface area (Å²) in [5, 5.41) is 4.20. The molecule has 2 aliphatic heterocycles. The summed E-state index contributed by atoms with van der Waals surface area (Å²) in [6, 6.07) is 6.30. The molecule has 19 heavy (non-hydrogen) atoms. The lowest BCUT2D eigenvalue weighted by atomic mass is 9.80. The molecule has 1 atom stereocenters. The number of rotatable bonds is 1. The van der Waals surface area contributed by atoms with Crippen LogP contribution in [0.15, 0.2) is 18.2 Å². The van der Waals surface area contributed by atoms with E-state index in [0.29, 0.717) is 6.04 Å². The molecule has 3 nitrogen and oxygen atoms in total. The summed E-state index contributed by atoms with van der Waals surface area (Å²) in [5.41, 5.74) is 1.20. The Bertz CT molecular complexity index is 469. The number of hydrogen-bond acceptors (Lipinski definition) is 3. The van der Waals surface area contributed by atoms with Gasteiger partial charge in [-0.15, -0.1) is 0 Å². The van der Waals surface area contributed by atoms with Gasteiger partial charge < -0.3 is 15.0 Å². The van der Waals surface area contributed by atoms with Gasteiger partial charge in [-0.3, -0.25) is 0 Å². The molecule has 4 heteroatoms. The minimum absolute atomic E-state index is 0.00101. The summed E-state index contributed by atoms with van der Waals surface area (Å²) in [4.78, 5) is 2.38. The topological polar surface area (TPSA) is 24.5 Å². The first kappa shape index (κ1) is 13.2. The van der Waals surface area contributed by atoms with E-state index in [4.69, 9.17) is 16.3 Å². The number of nitrogens with zero attached hydrogens (tertiary/aromatic N) is 1. The van der Waals surface area contributed by atoms with Crippen LogP contribution in [0.5, 0.6) is 5.75 Å². The molecule has 1 aromatic carbocycles. The third kappa shape index (κ3) is 2.47. The molecule has 0 bridgehead atoms. The molecule has 0 saturated carbocycles. The Hall–Kier alpha value is -0.770. The molecule has 0 aromatic heterocycles. The van der Waals surface area contributed by atoms with Gasteiger partial charge in [-0.05, 0) is 45.1 Å². The quantitative estimate of drug-likeness (QED) is 0.856. The maximum atomic E-state index is 6.37. The van der Waals surface area contributed by atoms with Crippen molar-refractivity contribution in [2.24, 2.45) is 0 Å². The van der Waals surface area contributed by atoms with Crippen molar-refractivity contribution in [2.45, 2.75) is 30.9 Å². The monoisotopic (exact) mass is 280 g/mol. The fourth-order valence-electron chi connectivity index (χ4n) is 3.23. The summed E-state index contributed by atoms with van der Waals surface area (Å²) in [5.74, 6) is 1.000. The highest BCUT2D eigenvalue weighted by atomic mass is 35.5. The maximum absolute atomic E-state index is 6.37. The Kier molecular flexibility index (Phi) is 3.46. The molecule has 2 heterocycles. The summed E-state index contributed by atoms with van der Waals surface area (Å²) in [7, 11) is 4.20. The Morgan fingerprint density at radius 2 is 2.11 bits per heavy atom. The van der Waals surface area contributed by atoms with Gasteiger partial charge >= 0.3 is 0 Å². The van der Waals surface area contributed by atoms with Crippen LogP contribution in [-0.4, -0.2) is 37.7 Å². The maximum Gasteiger partial charge on any atom is 0.125 e. The molecular weight excluding hydrogens is 260 g/mol. The van der Waals surface area contributed by atoms with E-state index in [-0.39, 0.29) is 5.60 Å². The smallest absolute Gasteiger partial charge is 0.125 e. The molecule has 1 fully saturated rings. The van der Waals surface area contributed by atoms with Crippen LogP contribution in [0.2, 0.25) is 5.02 Å². The third-order valence-corrected chi connectivity index (χ3v) is 4.73. The van der Waals surface area contributed by atoms with Crippen LogP contribution in [0, 0.1) is 0 Å². The van der Waals surface area contributed by atoms with E-state index in [0.717, 1.165) is 43.1 Å². The van der Waals surface area contributed by atoms with Crippen molar-refractivity contribution in [1.82, 2.24) is 10.2 Å². The zero-order valence-corrected chi connectivity index (χ0v) is 12.3. The molecule has 2 aliphatic rings. The van der Waals surface area contributed by atoms with Crippen LogP contribution in [-0.2, 0) is 0 Å². The van der Waals surface area contributed by atoms with E-state index >= 15 is 0 Å². The van der Waals surface area contributed by atoms with Crippen molar-refractivity contribution in [3.05, 3.63) is 28.8 Å². The average molecular weight is 281 g/mol. The molecule has 0 amide bonds. The van der Waals surface area contributed by atoms with Gasteiger partial charge in [0.2, 0.25) is 0 Å². The predicted molar refractivity (Wildman–Crippen MR) is 78.0 cm³/mol. The first-order valence-corrected chi connectivity index (χ1v) is 7.34. The van der Waals surface area contributed by atoms with Crippen LogP contribution < -0.4 is 10.1 Å². The normalized spacial score (nSPS) is 25.9. The average Bonchev–Trinajstić information content (AvgIpc) is 2.42. The van der Waals surface area contributed by atoms with Crippen molar-refractivity contribution < 1.29 is 4.74 Å². The number of likely N-dealkylation sites (tertiary alicyclic amines) is 1. The second kappa shape index (κ2) is 4.97. The largest absolute Gasteiger partial charge is 0.487 e. The van der Waals surface area contributed by atoms with Crippen molar-refractivity contribution in [1.29, 1.82) is 0 Å². The molecule has 3 rings (SSSR count). The lowest BCUT2D eigenvalue weighted by molar-refractivity contribution is -0.0195. The van der Waals surface area contributed by atoms with Crippen molar-refractivity contribution in [3.63, 3.8) is 0 Å². The summed E-state index contributed by atoms with van der Waals surface area (Å²) in [6.45, 7) is 2.22. The second-order valence-corrected chi connectivity index (χ2v) is 6.25. The minimum atomic E-state index is 0.00101. The highest BCUT2D eigenvalue weighted by molar-refractivity contribution is 6.30. The third-order valence-electron chi connectivity index (χ3n) is 4.50. The van der Waals surface area contributed by atoms with Gasteiger partial charge in [0.25, 0.3) is 0 Å². The van der Waals surface area contributed by atoms with E-state index in [1.54, 1.807) is 0 Å². The number of hydrogen-bond donors (Lipinski definition) is 1. The Balaban J connectivity index is 1.91. The van der Waals surface area contributed by atoms with Crippen LogP contribution in [0.3, 0.4) is 0 Å². The minimum Gasteiger partial charge on any atom is -0.487 e. The van der Waals surface area contributed by atoms with E-state index in [1.807, 2.05) is 25.2 Å². The zero-order chi connectivity index (χ0) is 13.5. The first-order chi connectivity index (χ1) is 9.12. The summed E-state index contributed by atoms with van der Waals surface area (Å²) >= 11 is 6.11. The Morgan fingerprint density at radius 1 is 1.37 bits per heavy atom.